The maximum Gasteiger partial charge on any atom is 0.264 e. The van der Waals surface area contributed by atoms with E-state index in [9.17, 15) is 8.42 Å². The van der Waals surface area contributed by atoms with Crippen LogP contribution in [0, 0.1) is 0 Å². The molecule has 0 atom stereocenters. The third-order valence-electron chi connectivity index (χ3n) is 3.00. The van der Waals surface area contributed by atoms with Gasteiger partial charge in [0.25, 0.3) is 10.0 Å². The third-order valence-corrected chi connectivity index (χ3v) is 4.80. The van der Waals surface area contributed by atoms with E-state index < -0.39 is 10.0 Å². The Morgan fingerprint density at radius 2 is 1.84 bits per heavy atom. The molecule has 0 saturated carbocycles. The Morgan fingerprint density at radius 1 is 1.16 bits per heavy atom. The van der Waals surface area contributed by atoms with Crippen molar-refractivity contribution in [3.8, 4) is 0 Å². The van der Waals surface area contributed by atoms with Gasteiger partial charge in [-0.05, 0) is 36.2 Å². The number of hydrogen-bond donors (Lipinski definition) is 0. The molecule has 0 spiro atoms. The third kappa shape index (κ3) is 2.76. The van der Waals surface area contributed by atoms with Gasteiger partial charge in [0.2, 0.25) is 0 Å². The van der Waals surface area contributed by atoms with E-state index in [4.69, 9.17) is 0 Å². The Balaban J connectivity index is 2.36. The Hall–Kier alpha value is -1.88. The van der Waals surface area contributed by atoms with Crippen LogP contribution in [0.5, 0.6) is 0 Å². The molecule has 0 saturated heterocycles. The van der Waals surface area contributed by atoms with E-state index in [1.165, 1.54) is 17.5 Å². The summed E-state index contributed by atoms with van der Waals surface area (Å²) in [6.07, 6.45) is 4.02. The fraction of sp³-hybridized carbons (Fsp3) is 0.214. The van der Waals surface area contributed by atoms with Crippen LogP contribution in [0.25, 0.3) is 0 Å². The van der Waals surface area contributed by atoms with Crippen LogP contribution in [0.15, 0.2) is 53.7 Å². The van der Waals surface area contributed by atoms with E-state index >= 15 is 0 Å². The molecule has 4 nitrogen and oxygen atoms in total. The number of rotatable bonds is 4. The van der Waals surface area contributed by atoms with Crippen molar-refractivity contribution in [1.29, 1.82) is 0 Å². The smallest absolute Gasteiger partial charge is 0.264 e. The molecular formula is C14H16N2O2S. The van der Waals surface area contributed by atoms with Crippen LogP contribution in [0.1, 0.15) is 12.5 Å². The molecule has 0 aliphatic rings. The number of aryl methyl sites for hydroxylation is 1. The van der Waals surface area contributed by atoms with Crippen molar-refractivity contribution < 1.29 is 8.42 Å². The molecule has 0 fully saturated rings. The minimum atomic E-state index is -3.52. The summed E-state index contributed by atoms with van der Waals surface area (Å²) in [5.74, 6) is 0. The van der Waals surface area contributed by atoms with Crippen molar-refractivity contribution in [2.45, 2.75) is 18.2 Å². The Kier molecular flexibility index (Phi) is 3.85. The number of pyridine rings is 1. The molecule has 5 heteroatoms. The van der Waals surface area contributed by atoms with Gasteiger partial charge in [-0.1, -0.05) is 19.1 Å². The van der Waals surface area contributed by atoms with Gasteiger partial charge < -0.3 is 0 Å². The molecule has 0 aliphatic carbocycles. The van der Waals surface area contributed by atoms with E-state index in [1.54, 1.807) is 30.5 Å². The summed E-state index contributed by atoms with van der Waals surface area (Å²) in [4.78, 5) is 4.22. The van der Waals surface area contributed by atoms with Gasteiger partial charge in [0.05, 0.1) is 16.8 Å². The summed E-state index contributed by atoms with van der Waals surface area (Å²) in [6.45, 7) is 2.03. The van der Waals surface area contributed by atoms with Crippen molar-refractivity contribution in [2.24, 2.45) is 0 Å². The zero-order valence-electron chi connectivity index (χ0n) is 10.9. The predicted octanol–water partition coefficient (Wildman–Crippen LogP) is 2.47. The maximum atomic E-state index is 12.4. The van der Waals surface area contributed by atoms with E-state index in [-0.39, 0.29) is 4.90 Å². The summed E-state index contributed by atoms with van der Waals surface area (Å²) in [5, 5.41) is 0. The number of anilines is 1. The van der Waals surface area contributed by atoms with Crippen LogP contribution >= 0.6 is 0 Å². The zero-order valence-corrected chi connectivity index (χ0v) is 11.8. The number of aromatic nitrogens is 1. The van der Waals surface area contributed by atoms with Gasteiger partial charge in [-0.3, -0.25) is 9.29 Å². The number of sulfonamides is 1. The highest BCUT2D eigenvalue weighted by atomic mass is 32.2. The Morgan fingerprint density at radius 3 is 2.37 bits per heavy atom. The molecule has 0 bridgehead atoms. The number of hydrogen-bond acceptors (Lipinski definition) is 3. The predicted molar refractivity (Wildman–Crippen MR) is 75.6 cm³/mol. The molecule has 1 heterocycles. The molecule has 0 radical (unpaired) electrons. The minimum Gasteiger partial charge on any atom is -0.268 e. The standard InChI is InChI=1S/C14H16N2O2S/c1-3-12-6-8-14(9-7-12)19(17,18)16(2)13-5-4-10-15-11-13/h4-11H,3H2,1-2H3. The first-order valence-electron chi connectivity index (χ1n) is 6.03. The average molecular weight is 276 g/mol. The molecule has 2 aromatic rings. The Labute approximate surface area is 113 Å². The minimum absolute atomic E-state index is 0.288. The molecule has 0 aliphatic heterocycles. The van der Waals surface area contributed by atoms with Gasteiger partial charge in [0, 0.05) is 13.2 Å². The van der Waals surface area contributed by atoms with Crippen LogP contribution in [0.3, 0.4) is 0 Å². The van der Waals surface area contributed by atoms with Crippen LogP contribution < -0.4 is 4.31 Å². The lowest BCUT2D eigenvalue weighted by atomic mass is 10.2. The topological polar surface area (TPSA) is 50.3 Å². The second kappa shape index (κ2) is 5.40. The monoisotopic (exact) mass is 276 g/mol. The van der Waals surface area contributed by atoms with Crippen molar-refractivity contribution in [1.82, 2.24) is 4.98 Å². The molecule has 100 valence electrons. The lowest BCUT2D eigenvalue weighted by Gasteiger charge is -2.19. The summed E-state index contributed by atoms with van der Waals surface area (Å²) < 4.78 is 26.1. The lowest BCUT2D eigenvalue weighted by molar-refractivity contribution is 0.594. The molecule has 0 N–H and O–H groups in total. The van der Waals surface area contributed by atoms with Gasteiger partial charge >= 0.3 is 0 Å². The van der Waals surface area contributed by atoms with Gasteiger partial charge in [0.15, 0.2) is 0 Å². The van der Waals surface area contributed by atoms with Crippen LogP contribution in [-0.2, 0) is 16.4 Å². The zero-order chi connectivity index (χ0) is 13.9. The first kappa shape index (κ1) is 13.5. The van der Waals surface area contributed by atoms with Crippen LogP contribution in [0.4, 0.5) is 5.69 Å². The van der Waals surface area contributed by atoms with Crippen molar-refractivity contribution in [2.75, 3.05) is 11.4 Å². The summed E-state index contributed by atoms with van der Waals surface area (Å²) in [7, 11) is -2.00. The van der Waals surface area contributed by atoms with E-state index in [0.29, 0.717) is 5.69 Å². The highest BCUT2D eigenvalue weighted by Gasteiger charge is 2.20. The van der Waals surface area contributed by atoms with Gasteiger partial charge in [-0.25, -0.2) is 8.42 Å². The molecule has 2 rings (SSSR count). The maximum absolute atomic E-state index is 12.4. The highest BCUT2D eigenvalue weighted by molar-refractivity contribution is 7.92. The van der Waals surface area contributed by atoms with E-state index in [0.717, 1.165) is 12.0 Å². The van der Waals surface area contributed by atoms with Crippen LogP contribution in [0.2, 0.25) is 0 Å². The number of nitrogens with zero attached hydrogens (tertiary/aromatic N) is 2. The van der Waals surface area contributed by atoms with Crippen molar-refractivity contribution >= 4 is 15.7 Å². The molecule has 0 unspecified atom stereocenters. The molecule has 1 aromatic heterocycles. The normalized spacial score (nSPS) is 11.3. The summed E-state index contributed by atoms with van der Waals surface area (Å²) in [5.41, 5.74) is 1.66. The first-order valence-corrected chi connectivity index (χ1v) is 7.47. The molecule has 19 heavy (non-hydrogen) atoms. The van der Waals surface area contributed by atoms with Crippen molar-refractivity contribution in [3.05, 3.63) is 54.4 Å². The molecule has 0 amide bonds. The largest absolute Gasteiger partial charge is 0.268 e. The SMILES string of the molecule is CCc1ccc(S(=O)(=O)N(C)c2cccnc2)cc1. The van der Waals surface area contributed by atoms with Crippen LogP contribution in [-0.4, -0.2) is 20.4 Å². The average Bonchev–Trinajstić information content (AvgIpc) is 2.47. The Bertz CT molecular complexity index is 637. The molecule has 1 aromatic carbocycles. The van der Waals surface area contributed by atoms with Gasteiger partial charge in [0.1, 0.15) is 0 Å². The molecular weight excluding hydrogens is 260 g/mol. The first-order chi connectivity index (χ1) is 9.05. The lowest BCUT2D eigenvalue weighted by Crippen LogP contribution is -2.26. The van der Waals surface area contributed by atoms with E-state index in [1.807, 2.05) is 19.1 Å². The summed E-state index contributed by atoms with van der Waals surface area (Å²) in [6, 6.07) is 10.4. The number of benzene rings is 1. The fourth-order valence-corrected chi connectivity index (χ4v) is 2.92. The van der Waals surface area contributed by atoms with E-state index in [2.05, 4.69) is 4.98 Å². The second-order valence-corrected chi connectivity index (χ2v) is 6.15. The quantitative estimate of drug-likeness (QED) is 0.862. The van der Waals surface area contributed by atoms with Gasteiger partial charge in [-0.2, -0.15) is 0 Å². The van der Waals surface area contributed by atoms with Gasteiger partial charge in [-0.15, -0.1) is 0 Å². The second-order valence-electron chi connectivity index (χ2n) is 4.18. The van der Waals surface area contributed by atoms with Crippen molar-refractivity contribution in [3.63, 3.8) is 0 Å². The fourth-order valence-electron chi connectivity index (χ4n) is 1.73. The highest BCUT2D eigenvalue weighted by Crippen LogP contribution is 2.21. The summed E-state index contributed by atoms with van der Waals surface area (Å²) >= 11 is 0.